The van der Waals surface area contributed by atoms with Crippen LogP contribution in [0.5, 0.6) is 0 Å². The van der Waals surface area contributed by atoms with Gasteiger partial charge in [0.15, 0.2) is 0 Å². The van der Waals surface area contributed by atoms with Crippen molar-refractivity contribution >= 4 is 0 Å². The highest BCUT2D eigenvalue weighted by Gasteiger charge is 2.46. The summed E-state index contributed by atoms with van der Waals surface area (Å²) in [5, 5.41) is 3.45. The highest BCUT2D eigenvalue weighted by atomic mass is 15.2. The molecule has 0 unspecified atom stereocenters. The third-order valence-corrected chi connectivity index (χ3v) is 3.70. The SMILES string of the molecule is CN(C)C1(C2CC2)CCNCC1. The number of piperidine rings is 1. The Hall–Kier alpha value is -0.0800. The topological polar surface area (TPSA) is 15.3 Å². The summed E-state index contributed by atoms with van der Waals surface area (Å²) in [4.78, 5) is 2.48. The summed E-state index contributed by atoms with van der Waals surface area (Å²) < 4.78 is 0. The minimum absolute atomic E-state index is 0.561. The van der Waals surface area contributed by atoms with Gasteiger partial charge in [-0.25, -0.2) is 0 Å². The van der Waals surface area contributed by atoms with Crippen molar-refractivity contribution in [2.45, 2.75) is 31.2 Å². The van der Waals surface area contributed by atoms with Crippen molar-refractivity contribution in [1.82, 2.24) is 10.2 Å². The summed E-state index contributed by atoms with van der Waals surface area (Å²) in [5.74, 6) is 1.01. The van der Waals surface area contributed by atoms with E-state index in [2.05, 4.69) is 24.3 Å². The lowest BCUT2D eigenvalue weighted by molar-refractivity contribution is 0.0841. The van der Waals surface area contributed by atoms with Gasteiger partial charge in [0.2, 0.25) is 0 Å². The van der Waals surface area contributed by atoms with Gasteiger partial charge in [0.25, 0.3) is 0 Å². The molecular formula is C10H20N2. The van der Waals surface area contributed by atoms with E-state index >= 15 is 0 Å². The second-order valence-electron chi connectivity index (χ2n) is 4.52. The summed E-state index contributed by atoms with van der Waals surface area (Å²) in [7, 11) is 4.51. The van der Waals surface area contributed by atoms with E-state index in [9.17, 15) is 0 Å². The van der Waals surface area contributed by atoms with E-state index in [-0.39, 0.29) is 0 Å². The zero-order valence-electron chi connectivity index (χ0n) is 8.27. The minimum Gasteiger partial charge on any atom is -0.317 e. The Labute approximate surface area is 75.3 Å². The zero-order valence-corrected chi connectivity index (χ0v) is 8.27. The third-order valence-electron chi connectivity index (χ3n) is 3.70. The maximum absolute atomic E-state index is 3.45. The molecule has 2 aliphatic rings. The van der Waals surface area contributed by atoms with Crippen LogP contribution in [0, 0.1) is 5.92 Å². The first-order valence-corrected chi connectivity index (χ1v) is 5.14. The molecule has 1 N–H and O–H groups in total. The molecule has 1 heterocycles. The Kier molecular flexibility index (Phi) is 2.13. The van der Waals surface area contributed by atoms with Gasteiger partial charge >= 0.3 is 0 Å². The van der Waals surface area contributed by atoms with E-state index in [1.54, 1.807) is 0 Å². The molecule has 1 aliphatic carbocycles. The van der Waals surface area contributed by atoms with Gasteiger partial charge in [-0.1, -0.05) is 0 Å². The number of nitrogens with zero attached hydrogens (tertiary/aromatic N) is 1. The molecule has 1 aliphatic heterocycles. The Balaban J connectivity index is 2.08. The molecule has 0 radical (unpaired) electrons. The van der Waals surface area contributed by atoms with Gasteiger partial charge in [0.05, 0.1) is 0 Å². The fraction of sp³-hybridized carbons (Fsp3) is 1.00. The lowest BCUT2D eigenvalue weighted by atomic mass is 9.82. The average molecular weight is 168 g/mol. The van der Waals surface area contributed by atoms with Gasteiger partial charge in [-0.05, 0) is 58.8 Å². The maximum atomic E-state index is 3.45. The van der Waals surface area contributed by atoms with Crippen molar-refractivity contribution in [3.8, 4) is 0 Å². The molecule has 0 aromatic rings. The van der Waals surface area contributed by atoms with Crippen LogP contribution in [0.4, 0.5) is 0 Å². The Morgan fingerprint density at radius 2 is 1.75 bits per heavy atom. The van der Waals surface area contributed by atoms with Crippen LogP contribution in [0.1, 0.15) is 25.7 Å². The van der Waals surface area contributed by atoms with Crippen LogP contribution >= 0.6 is 0 Å². The van der Waals surface area contributed by atoms with Gasteiger partial charge in [0.1, 0.15) is 0 Å². The quantitative estimate of drug-likeness (QED) is 0.664. The van der Waals surface area contributed by atoms with Crippen molar-refractivity contribution in [1.29, 1.82) is 0 Å². The van der Waals surface area contributed by atoms with Crippen molar-refractivity contribution in [2.75, 3.05) is 27.2 Å². The molecule has 0 atom stereocenters. The molecule has 2 heteroatoms. The number of nitrogens with one attached hydrogen (secondary N) is 1. The van der Waals surface area contributed by atoms with E-state index in [4.69, 9.17) is 0 Å². The first-order chi connectivity index (χ1) is 5.76. The highest BCUT2D eigenvalue weighted by Crippen LogP contribution is 2.46. The van der Waals surface area contributed by atoms with Crippen LogP contribution in [0.15, 0.2) is 0 Å². The lowest BCUT2D eigenvalue weighted by Crippen LogP contribution is -2.53. The fourth-order valence-electron chi connectivity index (χ4n) is 2.70. The van der Waals surface area contributed by atoms with Crippen LogP contribution in [-0.2, 0) is 0 Å². The summed E-state index contributed by atoms with van der Waals surface area (Å²) in [6, 6.07) is 0. The number of hydrogen-bond donors (Lipinski definition) is 1. The first kappa shape index (κ1) is 8.52. The highest BCUT2D eigenvalue weighted by molar-refractivity contribution is 5.03. The van der Waals surface area contributed by atoms with Crippen LogP contribution in [0.3, 0.4) is 0 Å². The van der Waals surface area contributed by atoms with Gasteiger partial charge in [-0.3, -0.25) is 0 Å². The van der Waals surface area contributed by atoms with E-state index in [0.29, 0.717) is 5.54 Å². The molecule has 0 spiro atoms. The van der Waals surface area contributed by atoms with Crippen LogP contribution in [0.2, 0.25) is 0 Å². The molecule has 0 aromatic heterocycles. The fourth-order valence-corrected chi connectivity index (χ4v) is 2.70. The monoisotopic (exact) mass is 168 g/mol. The third kappa shape index (κ3) is 1.27. The predicted octanol–water partition coefficient (Wildman–Crippen LogP) is 1.08. The standard InChI is InChI=1S/C10H20N2/c1-12(2)10(9-3-4-9)5-7-11-8-6-10/h9,11H,3-8H2,1-2H3. The van der Waals surface area contributed by atoms with Gasteiger partial charge < -0.3 is 10.2 Å². The summed E-state index contributed by atoms with van der Waals surface area (Å²) in [6.45, 7) is 2.43. The normalized spacial score (nSPS) is 29.2. The summed E-state index contributed by atoms with van der Waals surface area (Å²) in [5.41, 5.74) is 0.561. The van der Waals surface area contributed by atoms with Gasteiger partial charge in [0, 0.05) is 5.54 Å². The van der Waals surface area contributed by atoms with E-state index < -0.39 is 0 Å². The predicted molar refractivity (Wildman–Crippen MR) is 51.2 cm³/mol. The lowest BCUT2D eigenvalue weighted by Gasteiger charge is -2.43. The summed E-state index contributed by atoms with van der Waals surface area (Å²) in [6.07, 6.45) is 5.64. The smallest absolute Gasteiger partial charge is 0.0255 e. The molecule has 0 bridgehead atoms. The second-order valence-corrected chi connectivity index (χ2v) is 4.52. The summed E-state index contributed by atoms with van der Waals surface area (Å²) >= 11 is 0. The maximum Gasteiger partial charge on any atom is 0.0255 e. The number of hydrogen-bond acceptors (Lipinski definition) is 2. The molecule has 0 aromatic carbocycles. The van der Waals surface area contributed by atoms with Gasteiger partial charge in [-0.15, -0.1) is 0 Å². The van der Waals surface area contributed by atoms with Crippen LogP contribution in [-0.4, -0.2) is 37.6 Å². The van der Waals surface area contributed by atoms with E-state index in [0.717, 1.165) is 5.92 Å². The Morgan fingerprint density at radius 1 is 1.17 bits per heavy atom. The van der Waals surface area contributed by atoms with Crippen LogP contribution in [0.25, 0.3) is 0 Å². The molecule has 2 rings (SSSR count). The Bertz CT molecular complexity index is 151. The van der Waals surface area contributed by atoms with Crippen molar-refractivity contribution < 1.29 is 0 Å². The molecule has 1 saturated heterocycles. The second kappa shape index (κ2) is 3.00. The number of rotatable bonds is 2. The molecule has 70 valence electrons. The zero-order chi connectivity index (χ0) is 8.60. The molecule has 0 amide bonds. The average Bonchev–Trinajstić information content (AvgIpc) is 2.88. The van der Waals surface area contributed by atoms with Crippen molar-refractivity contribution in [3.63, 3.8) is 0 Å². The molecule has 1 saturated carbocycles. The molecular weight excluding hydrogens is 148 g/mol. The minimum atomic E-state index is 0.561. The molecule has 2 fully saturated rings. The molecule has 2 nitrogen and oxygen atoms in total. The van der Waals surface area contributed by atoms with Crippen molar-refractivity contribution in [2.24, 2.45) is 5.92 Å². The van der Waals surface area contributed by atoms with Crippen LogP contribution < -0.4 is 5.32 Å². The Morgan fingerprint density at radius 3 is 2.17 bits per heavy atom. The van der Waals surface area contributed by atoms with E-state index in [1.807, 2.05) is 0 Å². The van der Waals surface area contributed by atoms with E-state index in [1.165, 1.54) is 38.8 Å². The van der Waals surface area contributed by atoms with Gasteiger partial charge in [-0.2, -0.15) is 0 Å². The first-order valence-electron chi connectivity index (χ1n) is 5.14. The molecule has 12 heavy (non-hydrogen) atoms. The van der Waals surface area contributed by atoms with Crippen molar-refractivity contribution in [3.05, 3.63) is 0 Å². The largest absolute Gasteiger partial charge is 0.317 e.